The smallest absolute Gasteiger partial charge is 0.491 e. The highest BCUT2D eigenvalue weighted by atomic mass is 19.4. The van der Waals surface area contributed by atoms with Crippen molar-refractivity contribution in [3.63, 3.8) is 0 Å². The lowest BCUT2D eigenvalue weighted by molar-refractivity contribution is -0.274. The predicted octanol–water partition coefficient (Wildman–Crippen LogP) is 3.71. The van der Waals surface area contributed by atoms with Crippen LogP contribution in [0.5, 0.6) is 11.5 Å². The molecule has 0 saturated carbocycles. The molecule has 2 rings (SSSR count). The number of benzene rings is 1. The molecule has 0 radical (unpaired) electrons. The van der Waals surface area contributed by atoms with Crippen LogP contribution < -0.4 is 9.47 Å². The number of carbonyl (C=O) groups is 1. The predicted molar refractivity (Wildman–Crippen MR) is 75.3 cm³/mol. The van der Waals surface area contributed by atoms with E-state index in [0.29, 0.717) is 11.3 Å². The van der Waals surface area contributed by atoms with Gasteiger partial charge in [-0.1, -0.05) is 0 Å². The van der Waals surface area contributed by atoms with Gasteiger partial charge < -0.3 is 19.1 Å². The van der Waals surface area contributed by atoms with Gasteiger partial charge in [0.15, 0.2) is 0 Å². The van der Waals surface area contributed by atoms with Crippen molar-refractivity contribution in [2.75, 3.05) is 13.2 Å². The Hall–Kier alpha value is -2.12. The molecule has 1 aliphatic rings. The van der Waals surface area contributed by atoms with E-state index >= 15 is 0 Å². The van der Waals surface area contributed by atoms with Gasteiger partial charge in [0.2, 0.25) is 0 Å². The first-order valence-electron chi connectivity index (χ1n) is 7.03. The number of halogens is 3. The van der Waals surface area contributed by atoms with Gasteiger partial charge in [-0.15, -0.1) is 13.2 Å². The maximum absolute atomic E-state index is 12.3. The summed E-state index contributed by atoms with van der Waals surface area (Å²) in [5.74, 6) is 0.0662. The quantitative estimate of drug-likeness (QED) is 0.786. The molecule has 1 aliphatic heterocycles. The molecule has 8 heteroatoms. The van der Waals surface area contributed by atoms with Crippen LogP contribution >= 0.6 is 0 Å². The highest BCUT2D eigenvalue weighted by molar-refractivity contribution is 5.68. The van der Waals surface area contributed by atoms with E-state index in [9.17, 15) is 18.0 Å². The summed E-state index contributed by atoms with van der Waals surface area (Å²) < 4.78 is 51.6. The van der Waals surface area contributed by atoms with Crippen molar-refractivity contribution in [2.45, 2.75) is 39.3 Å². The Morgan fingerprint density at radius 1 is 1.26 bits per heavy atom. The summed E-state index contributed by atoms with van der Waals surface area (Å²) in [5, 5.41) is 0. The summed E-state index contributed by atoms with van der Waals surface area (Å²) >= 11 is 0. The van der Waals surface area contributed by atoms with E-state index in [0.717, 1.165) is 0 Å². The fourth-order valence-electron chi connectivity index (χ4n) is 2.05. The number of hydrogen-bond acceptors (Lipinski definition) is 4. The van der Waals surface area contributed by atoms with Crippen LogP contribution in [-0.2, 0) is 11.3 Å². The van der Waals surface area contributed by atoms with Crippen LogP contribution in [0.3, 0.4) is 0 Å². The Bertz CT molecular complexity index is 581. The van der Waals surface area contributed by atoms with Crippen molar-refractivity contribution in [2.24, 2.45) is 0 Å². The summed E-state index contributed by atoms with van der Waals surface area (Å²) in [7, 11) is 0. The van der Waals surface area contributed by atoms with Crippen LogP contribution in [0.15, 0.2) is 18.2 Å². The standard InChI is InChI=1S/C15H18F3NO4/c1-14(2,3)23-13(20)19-6-7-21-12-5-4-11(8-10(12)9-19)22-15(16,17)18/h4-5,8H,6-7,9H2,1-3H3. The lowest BCUT2D eigenvalue weighted by atomic mass is 10.2. The number of rotatable bonds is 1. The molecule has 5 nitrogen and oxygen atoms in total. The van der Waals surface area contributed by atoms with Gasteiger partial charge in [-0.05, 0) is 39.0 Å². The zero-order chi connectivity index (χ0) is 17.3. The molecule has 128 valence electrons. The molecule has 0 N–H and O–H groups in total. The zero-order valence-electron chi connectivity index (χ0n) is 13.1. The second kappa shape index (κ2) is 6.17. The van der Waals surface area contributed by atoms with E-state index in [1.807, 2.05) is 0 Å². The van der Waals surface area contributed by atoms with E-state index in [1.165, 1.54) is 23.1 Å². The van der Waals surface area contributed by atoms with Crippen LogP contribution in [0.4, 0.5) is 18.0 Å². The van der Waals surface area contributed by atoms with E-state index in [1.54, 1.807) is 20.8 Å². The number of nitrogens with zero attached hydrogens (tertiary/aromatic N) is 1. The Kier molecular flexibility index (Phi) is 4.63. The van der Waals surface area contributed by atoms with E-state index in [4.69, 9.17) is 9.47 Å². The molecule has 0 unspecified atom stereocenters. The first-order chi connectivity index (χ1) is 10.5. The zero-order valence-corrected chi connectivity index (χ0v) is 13.1. The monoisotopic (exact) mass is 333 g/mol. The third-order valence-corrected chi connectivity index (χ3v) is 2.90. The molecule has 0 atom stereocenters. The Morgan fingerprint density at radius 3 is 2.57 bits per heavy atom. The molecule has 0 spiro atoms. The lowest BCUT2D eigenvalue weighted by Crippen LogP contribution is -2.37. The normalized spacial score (nSPS) is 15.3. The molecule has 1 amide bonds. The number of ether oxygens (including phenoxy) is 3. The van der Waals surface area contributed by atoms with Gasteiger partial charge in [0.25, 0.3) is 0 Å². The minimum absolute atomic E-state index is 0.0826. The van der Waals surface area contributed by atoms with Gasteiger partial charge in [-0.25, -0.2) is 4.79 Å². The maximum Gasteiger partial charge on any atom is 0.573 e. The number of amides is 1. The molecule has 0 aliphatic carbocycles. The van der Waals surface area contributed by atoms with Crippen LogP contribution in [0, 0.1) is 0 Å². The van der Waals surface area contributed by atoms with E-state index in [2.05, 4.69) is 4.74 Å². The number of hydrogen-bond donors (Lipinski definition) is 0. The average Bonchev–Trinajstić information content (AvgIpc) is 2.56. The number of fused-ring (bicyclic) bond motifs is 1. The van der Waals surface area contributed by atoms with Crippen LogP contribution in [-0.4, -0.2) is 36.1 Å². The molecule has 1 heterocycles. The van der Waals surface area contributed by atoms with Crippen molar-refractivity contribution in [3.8, 4) is 11.5 Å². The molecule has 1 aromatic rings. The first-order valence-corrected chi connectivity index (χ1v) is 7.03. The van der Waals surface area contributed by atoms with Crippen LogP contribution in [0.1, 0.15) is 26.3 Å². The summed E-state index contributed by atoms with van der Waals surface area (Å²) in [6, 6.07) is 3.79. The average molecular weight is 333 g/mol. The summed E-state index contributed by atoms with van der Waals surface area (Å²) in [4.78, 5) is 13.5. The number of carbonyl (C=O) groups excluding carboxylic acids is 1. The fraction of sp³-hybridized carbons (Fsp3) is 0.533. The van der Waals surface area contributed by atoms with Crippen molar-refractivity contribution in [1.29, 1.82) is 0 Å². The molecule has 0 bridgehead atoms. The van der Waals surface area contributed by atoms with E-state index in [-0.39, 0.29) is 25.4 Å². The molecule has 0 fully saturated rings. The Morgan fingerprint density at radius 2 is 1.96 bits per heavy atom. The van der Waals surface area contributed by atoms with Crippen molar-refractivity contribution < 1.29 is 32.2 Å². The highest BCUT2D eigenvalue weighted by Gasteiger charge is 2.32. The molecular weight excluding hydrogens is 315 g/mol. The van der Waals surface area contributed by atoms with Gasteiger partial charge in [-0.3, -0.25) is 0 Å². The maximum atomic E-state index is 12.3. The molecule has 0 saturated heterocycles. The molecule has 0 aromatic heterocycles. The van der Waals surface area contributed by atoms with Gasteiger partial charge in [0.05, 0.1) is 13.1 Å². The highest BCUT2D eigenvalue weighted by Crippen LogP contribution is 2.31. The molecular formula is C15H18F3NO4. The SMILES string of the molecule is CC(C)(C)OC(=O)N1CCOc2ccc(OC(F)(F)F)cc2C1. The third-order valence-electron chi connectivity index (χ3n) is 2.90. The van der Waals surface area contributed by atoms with Crippen molar-refractivity contribution in [3.05, 3.63) is 23.8 Å². The summed E-state index contributed by atoms with van der Waals surface area (Å²) in [5.41, 5.74) is -0.232. The first kappa shape index (κ1) is 17.2. The fourth-order valence-corrected chi connectivity index (χ4v) is 2.05. The van der Waals surface area contributed by atoms with Gasteiger partial charge in [-0.2, -0.15) is 0 Å². The molecule has 1 aromatic carbocycles. The van der Waals surface area contributed by atoms with E-state index < -0.39 is 18.1 Å². The Labute approximate surface area is 131 Å². The minimum Gasteiger partial charge on any atom is -0.491 e. The van der Waals surface area contributed by atoms with Gasteiger partial charge in [0.1, 0.15) is 23.7 Å². The van der Waals surface area contributed by atoms with Crippen LogP contribution in [0.2, 0.25) is 0 Å². The Balaban J connectivity index is 2.17. The summed E-state index contributed by atoms with van der Waals surface area (Å²) in [6.45, 7) is 5.80. The molecule has 23 heavy (non-hydrogen) atoms. The van der Waals surface area contributed by atoms with Gasteiger partial charge >= 0.3 is 12.5 Å². The van der Waals surface area contributed by atoms with Crippen LogP contribution in [0.25, 0.3) is 0 Å². The van der Waals surface area contributed by atoms with Gasteiger partial charge in [0, 0.05) is 5.56 Å². The topological polar surface area (TPSA) is 48.0 Å². The van der Waals surface area contributed by atoms with Crippen molar-refractivity contribution in [1.82, 2.24) is 4.90 Å². The number of alkyl halides is 3. The minimum atomic E-state index is -4.77. The summed E-state index contributed by atoms with van der Waals surface area (Å²) in [6.07, 6.45) is -5.32. The lowest BCUT2D eigenvalue weighted by Gasteiger charge is -2.26. The largest absolute Gasteiger partial charge is 0.573 e. The van der Waals surface area contributed by atoms with Crippen molar-refractivity contribution >= 4 is 6.09 Å². The second-order valence-electron chi connectivity index (χ2n) is 6.07. The second-order valence-corrected chi connectivity index (χ2v) is 6.07. The third kappa shape index (κ3) is 5.22.